The summed E-state index contributed by atoms with van der Waals surface area (Å²) in [5, 5.41) is 12.6. The summed E-state index contributed by atoms with van der Waals surface area (Å²) in [6.07, 6.45) is 4.29. The summed E-state index contributed by atoms with van der Waals surface area (Å²) >= 11 is 1.63. The first-order valence-corrected chi connectivity index (χ1v) is 7.46. The van der Waals surface area contributed by atoms with Crippen LogP contribution in [0.3, 0.4) is 0 Å². The van der Waals surface area contributed by atoms with Gasteiger partial charge in [0.1, 0.15) is 5.82 Å². The number of aromatic nitrogens is 4. The predicted octanol–water partition coefficient (Wildman–Crippen LogP) is 4.04. The predicted molar refractivity (Wildman–Crippen MR) is 83.4 cm³/mol. The van der Waals surface area contributed by atoms with Crippen molar-refractivity contribution in [2.75, 3.05) is 5.32 Å². The van der Waals surface area contributed by atoms with Crippen LogP contribution in [-0.4, -0.2) is 20.2 Å². The van der Waals surface area contributed by atoms with E-state index in [1.807, 2.05) is 23.6 Å². The number of rotatable bonds is 4. The highest BCUT2D eigenvalue weighted by Crippen LogP contribution is 2.39. The van der Waals surface area contributed by atoms with Gasteiger partial charge in [-0.1, -0.05) is 6.07 Å². The number of aromatic amines is 1. The minimum absolute atomic E-state index is 0. The Balaban J connectivity index is 0.000000882. The number of hydrogen-bond acceptors (Lipinski definition) is 5. The van der Waals surface area contributed by atoms with Crippen molar-refractivity contribution in [1.82, 2.24) is 20.2 Å². The summed E-state index contributed by atoms with van der Waals surface area (Å²) in [6, 6.07) is 7.93. The van der Waals surface area contributed by atoms with E-state index in [2.05, 4.69) is 31.5 Å². The molecule has 0 radical (unpaired) electrons. The normalized spacial score (nSPS) is 14.4. The van der Waals surface area contributed by atoms with Crippen LogP contribution in [0.2, 0.25) is 0 Å². The van der Waals surface area contributed by atoms with Gasteiger partial charge in [0.25, 0.3) is 0 Å². The Labute approximate surface area is 123 Å². The van der Waals surface area contributed by atoms with Gasteiger partial charge in [0, 0.05) is 26.7 Å². The monoisotopic (exact) mass is 287 g/mol. The van der Waals surface area contributed by atoms with Crippen LogP contribution in [-0.2, 0) is 0 Å². The molecule has 0 atom stereocenters. The Morgan fingerprint density at radius 1 is 1.30 bits per heavy atom. The van der Waals surface area contributed by atoms with Crippen LogP contribution in [0.25, 0.3) is 10.7 Å². The summed E-state index contributed by atoms with van der Waals surface area (Å²) in [5.41, 5.74) is 1.21. The Morgan fingerprint density at radius 2 is 2.25 bits per heavy atom. The van der Waals surface area contributed by atoms with Crippen molar-refractivity contribution in [3.8, 4) is 10.7 Å². The lowest BCUT2D eigenvalue weighted by Crippen LogP contribution is -1.96. The van der Waals surface area contributed by atoms with Crippen LogP contribution in [0.15, 0.2) is 35.8 Å². The molecule has 0 spiro atoms. The lowest BCUT2D eigenvalue weighted by Gasteiger charge is -2.02. The molecule has 1 aliphatic rings. The molecular formula is C14H17N5S. The van der Waals surface area contributed by atoms with Gasteiger partial charge in [-0.2, -0.15) is 5.10 Å². The third kappa shape index (κ3) is 2.30. The summed E-state index contributed by atoms with van der Waals surface area (Å²) in [5.74, 6) is 2.98. The molecule has 0 amide bonds. The van der Waals surface area contributed by atoms with Crippen molar-refractivity contribution in [3.05, 3.63) is 41.5 Å². The SMILES string of the molecule is [HH].[HH].c1csc(-c2nccc(Nc3cc(C4CC4)[nH]n3)n2)c1. The van der Waals surface area contributed by atoms with Crippen molar-refractivity contribution in [2.24, 2.45) is 0 Å². The fourth-order valence-electron chi connectivity index (χ4n) is 2.09. The molecule has 1 saturated carbocycles. The van der Waals surface area contributed by atoms with E-state index >= 15 is 0 Å². The minimum Gasteiger partial charge on any atom is -0.323 e. The van der Waals surface area contributed by atoms with Gasteiger partial charge in [-0.3, -0.25) is 5.10 Å². The molecule has 0 aliphatic heterocycles. The average Bonchev–Trinajstić information content (AvgIpc) is 3.00. The molecule has 104 valence electrons. The van der Waals surface area contributed by atoms with Crippen LogP contribution in [0.1, 0.15) is 27.3 Å². The van der Waals surface area contributed by atoms with Gasteiger partial charge in [0.15, 0.2) is 11.6 Å². The molecule has 6 heteroatoms. The van der Waals surface area contributed by atoms with Gasteiger partial charge in [-0.15, -0.1) is 11.3 Å². The zero-order chi connectivity index (χ0) is 13.4. The Kier molecular flexibility index (Phi) is 2.74. The molecule has 5 nitrogen and oxygen atoms in total. The lowest BCUT2D eigenvalue weighted by atomic mass is 10.3. The van der Waals surface area contributed by atoms with Crippen molar-refractivity contribution >= 4 is 23.0 Å². The van der Waals surface area contributed by atoms with Gasteiger partial charge in [-0.05, 0) is 30.4 Å². The van der Waals surface area contributed by atoms with E-state index in [9.17, 15) is 0 Å². The average molecular weight is 287 g/mol. The fourth-order valence-corrected chi connectivity index (χ4v) is 2.75. The molecular weight excluding hydrogens is 270 g/mol. The summed E-state index contributed by atoms with van der Waals surface area (Å²) < 4.78 is 0. The smallest absolute Gasteiger partial charge is 0.171 e. The number of nitrogens with zero attached hydrogens (tertiary/aromatic N) is 3. The number of thiophene rings is 1. The van der Waals surface area contributed by atoms with Crippen LogP contribution in [0.4, 0.5) is 11.6 Å². The highest BCUT2D eigenvalue weighted by Gasteiger charge is 2.25. The van der Waals surface area contributed by atoms with Gasteiger partial charge < -0.3 is 5.32 Å². The third-order valence-corrected chi connectivity index (χ3v) is 4.13. The first-order chi connectivity index (χ1) is 9.88. The Bertz CT molecular complexity index is 724. The lowest BCUT2D eigenvalue weighted by molar-refractivity contribution is 0.966. The number of anilines is 2. The van der Waals surface area contributed by atoms with Crippen LogP contribution in [0, 0.1) is 0 Å². The quantitative estimate of drug-likeness (QED) is 0.760. The molecule has 2 N–H and O–H groups in total. The molecule has 3 heterocycles. The van der Waals surface area contributed by atoms with E-state index in [4.69, 9.17) is 0 Å². The van der Waals surface area contributed by atoms with Gasteiger partial charge in [0.05, 0.1) is 4.88 Å². The van der Waals surface area contributed by atoms with Crippen molar-refractivity contribution < 1.29 is 2.85 Å². The third-order valence-electron chi connectivity index (χ3n) is 3.27. The molecule has 20 heavy (non-hydrogen) atoms. The summed E-state index contributed by atoms with van der Waals surface area (Å²) in [4.78, 5) is 9.88. The molecule has 4 rings (SSSR count). The maximum absolute atomic E-state index is 4.51. The molecule has 0 bridgehead atoms. The fraction of sp³-hybridized carbons (Fsp3) is 0.214. The minimum atomic E-state index is 0. The zero-order valence-electron chi connectivity index (χ0n) is 10.7. The maximum Gasteiger partial charge on any atom is 0.171 e. The zero-order valence-corrected chi connectivity index (χ0v) is 11.5. The molecule has 0 aromatic carbocycles. The van der Waals surface area contributed by atoms with Crippen LogP contribution < -0.4 is 5.32 Å². The van der Waals surface area contributed by atoms with Crippen molar-refractivity contribution in [2.45, 2.75) is 18.8 Å². The summed E-state index contributed by atoms with van der Waals surface area (Å²) in [6.45, 7) is 0. The standard InChI is InChI=1S/C14H13N5S.2H2/c1-2-11(20-7-1)14-15-6-5-12(17-14)16-13-8-10(18-19-13)9-3-4-9;;/h1-2,5-9H,3-4H2,(H2,15,16,17,18,19);2*1H. The largest absolute Gasteiger partial charge is 0.323 e. The van der Waals surface area contributed by atoms with E-state index in [1.54, 1.807) is 17.5 Å². The second kappa shape index (κ2) is 4.72. The van der Waals surface area contributed by atoms with E-state index in [-0.39, 0.29) is 2.85 Å². The number of H-pyrrole nitrogens is 1. The topological polar surface area (TPSA) is 66.5 Å². The molecule has 0 saturated heterocycles. The van der Waals surface area contributed by atoms with Gasteiger partial charge in [-0.25, -0.2) is 9.97 Å². The molecule has 1 aliphatic carbocycles. The second-order valence-electron chi connectivity index (χ2n) is 4.85. The first-order valence-electron chi connectivity index (χ1n) is 6.58. The molecule has 3 aromatic rings. The van der Waals surface area contributed by atoms with E-state index in [0.717, 1.165) is 22.3 Å². The highest BCUT2D eigenvalue weighted by atomic mass is 32.1. The van der Waals surface area contributed by atoms with Gasteiger partial charge >= 0.3 is 0 Å². The Morgan fingerprint density at radius 3 is 3.05 bits per heavy atom. The number of nitrogens with one attached hydrogen (secondary N) is 2. The van der Waals surface area contributed by atoms with Crippen LogP contribution >= 0.6 is 11.3 Å². The van der Waals surface area contributed by atoms with Gasteiger partial charge in [0.2, 0.25) is 0 Å². The van der Waals surface area contributed by atoms with Crippen LogP contribution in [0.5, 0.6) is 0 Å². The summed E-state index contributed by atoms with van der Waals surface area (Å²) in [7, 11) is 0. The molecule has 1 fully saturated rings. The van der Waals surface area contributed by atoms with E-state index < -0.39 is 0 Å². The molecule has 3 aromatic heterocycles. The first kappa shape index (κ1) is 11.6. The number of hydrogen-bond donors (Lipinski definition) is 2. The van der Waals surface area contributed by atoms with Crippen molar-refractivity contribution in [1.29, 1.82) is 0 Å². The molecule has 0 unspecified atom stereocenters. The Hall–Kier alpha value is -2.21. The van der Waals surface area contributed by atoms with E-state index in [0.29, 0.717) is 5.92 Å². The second-order valence-corrected chi connectivity index (χ2v) is 5.80. The maximum atomic E-state index is 4.51. The van der Waals surface area contributed by atoms with E-state index in [1.165, 1.54) is 18.5 Å². The highest BCUT2D eigenvalue weighted by molar-refractivity contribution is 7.13. The van der Waals surface area contributed by atoms with Crippen molar-refractivity contribution in [3.63, 3.8) is 0 Å².